The molecule has 1 N–H and O–H groups in total. The van der Waals surface area contributed by atoms with E-state index in [9.17, 15) is 4.79 Å². The van der Waals surface area contributed by atoms with Gasteiger partial charge in [-0.2, -0.15) is 0 Å². The van der Waals surface area contributed by atoms with Gasteiger partial charge in [0.15, 0.2) is 23.6 Å². The number of hydrogen-bond donors (Lipinski definition) is 1. The summed E-state index contributed by atoms with van der Waals surface area (Å²) in [5.74, 6) is 1.02. The number of thiazole rings is 1. The van der Waals surface area contributed by atoms with Crippen LogP contribution in [0.25, 0.3) is 0 Å². The number of para-hydroxylation sites is 1. The number of carbonyl (C=O) groups is 1. The third-order valence-corrected chi connectivity index (χ3v) is 6.05. The number of hydrogen-bond acceptors (Lipinski definition) is 9. The second kappa shape index (κ2) is 9.79. The molecule has 0 saturated carbocycles. The van der Waals surface area contributed by atoms with Crippen LogP contribution in [0.5, 0.6) is 5.75 Å². The van der Waals surface area contributed by atoms with Crippen molar-refractivity contribution < 1.29 is 14.4 Å². The molecular formula is C23H21N7O3S. The Morgan fingerprint density at radius 1 is 1.24 bits per heavy atom. The van der Waals surface area contributed by atoms with Crippen molar-refractivity contribution in [2.24, 2.45) is 12.2 Å². The van der Waals surface area contributed by atoms with Crippen molar-refractivity contribution in [2.45, 2.75) is 25.6 Å². The van der Waals surface area contributed by atoms with Gasteiger partial charge in [-0.3, -0.25) is 10.1 Å². The van der Waals surface area contributed by atoms with Gasteiger partial charge in [-0.05, 0) is 34.9 Å². The molecule has 2 aromatic heterocycles. The van der Waals surface area contributed by atoms with Gasteiger partial charge in [0.05, 0.1) is 5.69 Å². The lowest BCUT2D eigenvalue weighted by molar-refractivity contribution is -0.123. The lowest BCUT2D eigenvalue weighted by atomic mass is 10.0. The predicted octanol–water partition coefficient (Wildman–Crippen LogP) is 2.97. The number of rotatable bonds is 7. The Hall–Kier alpha value is -4.12. The van der Waals surface area contributed by atoms with E-state index >= 15 is 0 Å². The summed E-state index contributed by atoms with van der Waals surface area (Å²) in [5.41, 5.74) is 3.09. The second-order valence-electron chi connectivity index (χ2n) is 7.59. The monoisotopic (exact) mass is 475 g/mol. The van der Waals surface area contributed by atoms with E-state index in [1.165, 1.54) is 16.0 Å². The zero-order chi connectivity index (χ0) is 23.3. The van der Waals surface area contributed by atoms with Crippen molar-refractivity contribution >= 4 is 28.1 Å². The maximum atomic E-state index is 12.7. The predicted molar refractivity (Wildman–Crippen MR) is 126 cm³/mol. The maximum Gasteiger partial charge on any atom is 0.267 e. The van der Waals surface area contributed by atoms with Crippen molar-refractivity contribution in [3.05, 3.63) is 82.6 Å². The molecule has 34 heavy (non-hydrogen) atoms. The average molecular weight is 476 g/mol. The fourth-order valence-electron chi connectivity index (χ4n) is 3.54. The van der Waals surface area contributed by atoms with Crippen LogP contribution in [-0.2, 0) is 29.7 Å². The number of aryl methyl sites for hydroxylation is 2. The average Bonchev–Trinajstić information content (AvgIpc) is 3.50. The van der Waals surface area contributed by atoms with Crippen LogP contribution in [0.3, 0.4) is 0 Å². The van der Waals surface area contributed by atoms with E-state index < -0.39 is 6.10 Å². The molecule has 1 aliphatic heterocycles. The van der Waals surface area contributed by atoms with Crippen molar-refractivity contribution in [3.8, 4) is 5.75 Å². The molecule has 0 radical (unpaired) electrons. The van der Waals surface area contributed by atoms with Gasteiger partial charge >= 0.3 is 0 Å². The van der Waals surface area contributed by atoms with Crippen molar-refractivity contribution in [2.75, 3.05) is 5.32 Å². The SMILES string of the molecule is Cn1nnnc1/C(=N\OCc1csc(NC(=O)C2CCc3ccccc3O2)n1)c1ccccc1. The number of fused-ring (bicyclic) bond motifs is 1. The second-order valence-corrected chi connectivity index (χ2v) is 8.45. The first-order valence-electron chi connectivity index (χ1n) is 10.7. The topological polar surface area (TPSA) is 116 Å². The van der Waals surface area contributed by atoms with Crippen LogP contribution in [0.2, 0.25) is 0 Å². The summed E-state index contributed by atoms with van der Waals surface area (Å²) in [4.78, 5) is 22.7. The Morgan fingerprint density at radius 2 is 2.06 bits per heavy atom. The highest BCUT2D eigenvalue weighted by molar-refractivity contribution is 7.13. The molecule has 1 amide bonds. The summed E-state index contributed by atoms with van der Waals surface area (Å²) in [5, 5.41) is 21.0. The molecule has 1 unspecified atom stereocenters. The number of amides is 1. The number of oxime groups is 1. The molecule has 0 spiro atoms. The molecule has 2 aromatic carbocycles. The third-order valence-electron chi connectivity index (χ3n) is 5.24. The molecule has 0 bridgehead atoms. The summed E-state index contributed by atoms with van der Waals surface area (Å²) < 4.78 is 7.38. The first kappa shape index (κ1) is 21.7. The van der Waals surface area contributed by atoms with Crippen LogP contribution in [0.1, 0.15) is 29.1 Å². The fourth-order valence-corrected chi connectivity index (χ4v) is 4.23. The largest absolute Gasteiger partial charge is 0.480 e. The molecular weight excluding hydrogens is 454 g/mol. The zero-order valence-electron chi connectivity index (χ0n) is 18.3. The Morgan fingerprint density at radius 3 is 2.88 bits per heavy atom. The molecule has 3 heterocycles. The van der Waals surface area contributed by atoms with E-state index in [4.69, 9.17) is 9.57 Å². The van der Waals surface area contributed by atoms with Crippen LogP contribution >= 0.6 is 11.3 Å². The lowest BCUT2D eigenvalue weighted by Gasteiger charge is -2.24. The molecule has 172 valence electrons. The molecule has 11 heteroatoms. The Kier molecular flexibility index (Phi) is 6.25. The van der Waals surface area contributed by atoms with Gasteiger partial charge in [-0.1, -0.05) is 53.7 Å². The van der Waals surface area contributed by atoms with Crippen LogP contribution in [-0.4, -0.2) is 42.9 Å². The van der Waals surface area contributed by atoms with Gasteiger partial charge in [0, 0.05) is 18.0 Å². The molecule has 1 atom stereocenters. The van der Waals surface area contributed by atoms with Crippen molar-refractivity contribution in [3.63, 3.8) is 0 Å². The van der Waals surface area contributed by atoms with Gasteiger partial charge in [0.25, 0.3) is 5.91 Å². The number of nitrogens with zero attached hydrogens (tertiary/aromatic N) is 6. The van der Waals surface area contributed by atoms with E-state index in [1.54, 1.807) is 7.05 Å². The minimum absolute atomic E-state index is 0.126. The number of tetrazole rings is 1. The maximum absolute atomic E-state index is 12.7. The minimum atomic E-state index is -0.545. The summed E-state index contributed by atoms with van der Waals surface area (Å²) in [6, 6.07) is 17.3. The molecule has 1 aliphatic rings. The first-order chi connectivity index (χ1) is 16.7. The highest BCUT2D eigenvalue weighted by atomic mass is 32.1. The normalized spacial score (nSPS) is 15.3. The lowest BCUT2D eigenvalue weighted by Crippen LogP contribution is -2.35. The van der Waals surface area contributed by atoms with E-state index in [0.29, 0.717) is 28.8 Å². The van der Waals surface area contributed by atoms with E-state index in [-0.39, 0.29) is 12.5 Å². The van der Waals surface area contributed by atoms with E-state index in [1.807, 2.05) is 60.0 Å². The molecule has 0 saturated heterocycles. The third kappa shape index (κ3) is 4.79. The standard InChI is InChI=1S/C23H21N7O3S/c1-30-21(26-28-29-30)20(16-8-3-2-4-9-16)27-32-13-17-14-34-23(24-17)25-22(31)19-12-11-15-7-5-6-10-18(15)33-19/h2-10,14,19H,11-13H2,1H3,(H,24,25,31)/b27-20-. The fraction of sp³-hybridized carbons (Fsp3) is 0.217. The van der Waals surface area contributed by atoms with Gasteiger partial charge in [0.1, 0.15) is 5.75 Å². The molecule has 4 aromatic rings. The number of nitrogens with one attached hydrogen (secondary N) is 1. The molecule has 10 nitrogen and oxygen atoms in total. The Labute approximate surface area is 199 Å². The van der Waals surface area contributed by atoms with Gasteiger partial charge in [-0.15, -0.1) is 16.4 Å². The minimum Gasteiger partial charge on any atom is -0.480 e. The van der Waals surface area contributed by atoms with Gasteiger partial charge < -0.3 is 9.57 Å². The van der Waals surface area contributed by atoms with Crippen molar-refractivity contribution in [1.29, 1.82) is 0 Å². The quantitative estimate of drug-likeness (QED) is 0.323. The number of carbonyl (C=O) groups excluding carboxylic acids is 1. The molecule has 0 aliphatic carbocycles. The van der Waals surface area contributed by atoms with Crippen LogP contribution < -0.4 is 10.1 Å². The van der Waals surface area contributed by atoms with Crippen LogP contribution in [0.15, 0.2) is 65.1 Å². The number of anilines is 1. The summed E-state index contributed by atoms with van der Waals surface area (Å²) in [6.07, 6.45) is 0.878. The summed E-state index contributed by atoms with van der Waals surface area (Å²) >= 11 is 1.32. The van der Waals surface area contributed by atoms with Crippen LogP contribution in [0, 0.1) is 0 Å². The Bertz CT molecular complexity index is 1320. The summed E-state index contributed by atoms with van der Waals surface area (Å²) in [6.45, 7) is 0.126. The molecule has 5 rings (SSSR count). The molecule has 0 fully saturated rings. The number of aromatic nitrogens is 5. The zero-order valence-corrected chi connectivity index (χ0v) is 19.1. The van der Waals surface area contributed by atoms with E-state index in [2.05, 4.69) is 31.0 Å². The summed E-state index contributed by atoms with van der Waals surface area (Å²) in [7, 11) is 1.73. The highest BCUT2D eigenvalue weighted by Gasteiger charge is 2.26. The highest BCUT2D eigenvalue weighted by Crippen LogP contribution is 2.28. The number of benzene rings is 2. The first-order valence-corrected chi connectivity index (χ1v) is 11.5. The smallest absolute Gasteiger partial charge is 0.267 e. The van der Waals surface area contributed by atoms with Gasteiger partial charge in [0.2, 0.25) is 5.82 Å². The Balaban J connectivity index is 1.22. The van der Waals surface area contributed by atoms with E-state index in [0.717, 1.165) is 23.3 Å². The number of ether oxygens (including phenoxy) is 1. The van der Waals surface area contributed by atoms with Gasteiger partial charge in [-0.25, -0.2) is 9.67 Å². The van der Waals surface area contributed by atoms with Crippen LogP contribution in [0.4, 0.5) is 5.13 Å². The van der Waals surface area contributed by atoms with Crippen molar-refractivity contribution in [1.82, 2.24) is 25.2 Å².